The first kappa shape index (κ1) is 17.3. The Morgan fingerprint density at radius 3 is 2.62 bits per heavy atom. The third-order valence-corrected chi connectivity index (χ3v) is 3.33. The van der Waals surface area contributed by atoms with E-state index in [1.54, 1.807) is 25.1 Å². The fourth-order valence-corrected chi connectivity index (χ4v) is 2.12. The van der Waals surface area contributed by atoms with Crippen molar-refractivity contribution in [2.24, 2.45) is 5.92 Å². The largest absolute Gasteiger partial charge is 0.508 e. The van der Waals surface area contributed by atoms with Crippen LogP contribution in [0.5, 0.6) is 5.75 Å². The van der Waals surface area contributed by atoms with Crippen LogP contribution in [0.25, 0.3) is 0 Å². The molecule has 0 fully saturated rings. The molecule has 3 N–H and O–H groups in total. The van der Waals surface area contributed by atoms with Crippen molar-refractivity contribution in [3.63, 3.8) is 0 Å². The number of carbonyl (C=O) groups is 2. The van der Waals surface area contributed by atoms with Crippen molar-refractivity contribution in [1.29, 1.82) is 0 Å². The summed E-state index contributed by atoms with van der Waals surface area (Å²) in [6.07, 6.45) is 0.371. The second-order valence-corrected chi connectivity index (χ2v) is 5.25. The van der Waals surface area contributed by atoms with Crippen molar-refractivity contribution >= 4 is 17.8 Å². The average molecular weight is 333 g/mol. The fourth-order valence-electron chi connectivity index (χ4n) is 2.12. The molecular formula is C16H19N3O5. The maximum absolute atomic E-state index is 11.9. The smallest absolute Gasteiger partial charge is 0.320 e. The molecule has 8 heteroatoms. The number of amides is 2. The summed E-state index contributed by atoms with van der Waals surface area (Å²) in [6, 6.07) is 7.58. The third-order valence-electron chi connectivity index (χ3n) is 3.33. The van der Waals surface area contributed by atoms with E-state index in [0.717, 1.165) is 5.56 Å². The number of carbonyl (C=O) groups excluding carboxylic acids is 2. The molecule has 0 radical (unpaired) electrons. The summed E-state index contributed by atoms with van der Waals surface area (Å²) >= 11 is 0. The van der Waals surface area contributed by atoms with Gasteiger partial charge < -0.3 is 19.7 Å². The number of rotatable bonds is 6. The molecule has 0 aliphatic heterocycles. The Morgan fingerprint density at radius 1 is 1.33 bits per heavy atom. The molecule has 0 saturated heterocycles. The highest BCUT2D eigenvalue weighted by atomic mass is 16.5. The number of esters is 1. The molecule has 0 unspecified atom stereocenters. The lowest BCUT2D eigenvalue weighted by atomic mass is 9.99. The minimum absolute atomic E-state index is 0.0935. The van der Waals surface area contributed by atoms with E-state index in [2.05, 4.69) is 15.8 Å². The molecule has 2 rings (SSSR count). The molecule has 1 aromatic heterocycles. The maximum Gasteiger partial charge on any atom is 0.320 e. The zero-order valence-electron chi connectivity index (χ0n) is 13.4. The molecule has 0 saturated carbocycles. The number of aromatic hydroxyl groups is 1. The number of nitrogens with one attached hydrogen (secondary N) is 2. The second kappa shape index (κ2) is 8.00. The van der Waals surface area contributed by atoms with Gasteiger partial charge in [-0.1, -0.05) is 17.3 Å². The number of hydrogen-bond acceptors (Lipinski definition) is 6. The van der Waals surface area contributed by atoms with Crippen LogP contribution in [0.3, 0.4) is 0 Å². The van der Waals surface area contributed by atoms with Gasteiger partial charge in [-0.2, -0.15) is 0 Å². The van der Waals surface area contributed by atoms with Crippen LogP contribution in [0.2, 0.25) is 0 Å². The van der Waals surface area contributed by atoms with Gasteiger partial charge in [0.2, 0.25) is 0 Å². The number of anilines is 1. The summed E-state index contributed by atoms with van der Waals surface area (Å²) in [4.78, 5) is 23.7. The molecule has 2 amide bonds. The topological polar surface area (TPSA) is 114 Å². The molecule has 2 aromatic rings. The lowest BCUT2D eigenvalue weighted by Gasteiger charge is -2.15. The molecule has 8 nitrogen and oxygen atoms in total. The summed E-state index contributed by atoms with van der Waals surface area (Å²) in [5, 5.41) is 18.1. The Bertz CT molecular complexity index is 696. The van der Waals surface area contributed by atoms with Gasteiger partial charge in [-0.25, -0.2) is 4.79 Å². The number of aryl methyl sites for hydroxylation is 1. The van der Waals surface area contributed by atoms with Gasteiger partial charge in [-0.3, -0.25) is 10.1 Å². The number of urea groups is 1. The summed E-state index contributed by atoms with van der Waals surface area (Å²) in [7, 11) is 1.30. The monoisotopic (exact) mass is 333 g/mol. The van der Waals surface area contributed by atoms with Crippen molar-refractivity contribution in [3.8, 4) is 5.75 Å². The lowest BCUT2D eigenvalue weighted by Crippen LogP contribution is -2.37. The van der Waals surface area contributed by atoms with Crippen molar-refractivity contribution in [3.05, 3.63) is 41.7 Å². The second-order valence-electron chi connectivity index (χ2n) is 5.25. The summed E-state index contributed by atoms with van der Waals surface area (Å²) < 4.78 is 9.62. The van der Waals surface area contributed by atoms with Crippen molar-refractivity contribution in [2.75, 3.05) is 19.0 Å². The van der Waals surface area contributed by atoms with Crippen LogP contribution in [0.1, 0.15) is 11.3 Å². The van der Waals surface area contributed by atoms with Gasteiger partial charge in [0.25, 0.3) is 0 Å². The van der Waals surface area contributed by atoms with Crippen LogP contribution < -0.4 is 10.6 Å². The van der Waals surface area contributed by atoms with Gasteiger partial charge in [0.1, 0.15) is 11.5 Å². The number of benzene rings is 1. The van der Waals surface area contributed by atoms with Crippen LogP contribution in [0.4, 0.5) is 10.6 Å². The molecule has 1 aromatic carbocycles. The van der Waals surface area contributed by atoms with Gasteiger partial charge in [-0.05, 0) is 31.0 Å². The first-order chi connectivity index (χ1) is 11.5. The number of methoxy groups -OCH3 is 1. The molecule has 0 aliphatic rings. The average Bonchev–Trinajstić information content (AvgIpc) is 2.97. The van der Waals surface area contributed by atoms with Gasteiger partial charge >= 0.3 is 12.0 Å². The number of nitrogens with zero attached hydrogens (tertiary/aromatic N) is 1. The maximum atomic E-state index is 11.9. The van der Waals surface area contributed by atoms with E-state index >= 15 is 0 Å². The number of hydrogen-bond donors (Lipinski definition) is 3. The van der Waals surface area contributed by atoms with Gasteiger partial charge in [0.05, 0.1) is 13.0 Å². The molecule has 0 bridgehead atoms. The van der Waals surface area contributed by atoms with Gasteiger partial charge in [0, 0.05) is 12.6 Å². The standard InChI is InChI=1S/C16H19N3O5/c1-10-7-14(19-24-10)18-16(22)17-9-12(15(21)23-2)8-11-3-5-13(20)6-4-11/h3-7,12,20H,8-9H2,1-2H3,(H2,17,18,19,22)/t12-/m0/s1. The summed E-state index contributed by atoms with van der Waals surface area (Å²) in [6.45, 7) is 1.80. The number of aromatic nitrogens is 1. The van der Waals surface area contributed by atoms with Crippen LogP contribution in [0, 0.1) is 12.8 Å². The highest BCUT2D eigenvalue weighted by Gasteiger charge is 2.21. The Hall–Kier alpha value is -3.03. The van der Waals surface area contributed by atoms with E-state index in [0.29, 0.717) is 12.2 Å². The minimum atomic E-state index is -0.552. The molecule has 1 atom stereocenters. The normalized spacial score (nSPS) is 11.6. The molecule has 0 aliphatic carbocycles. The Labute approximate surface area is 138 Å². The van der Waals surface area contributed by atoms with Crippen molar-refractivity contribution < 1.29 is 24.0 Å². The zero-order chi connectivity index (χ0) is 17.5. The molecule has 128 valence electrons. The van der Waals surface area contributed by atoms with Crippen LogP contribution in [-0.4, -0.2) is 35.9 Å². The van der Waals surface area contributed by atoms with E-state index in [4.69, 9.17) is 9.26 Å². The molecular weight excluding hydrogens is 314 g/mol. The van der Waals surface area contributed by atoms with Crippen LogP contribution >= 0.6 is 0 Å². The fraction of sp³-hybridized carbons (Fsp3) is 0.312. The first-order valence-corrected chi connectivity index (χ1v) is 7.32. The zero-order valence-corrected chi connectivity index (χ0v) is 13.4. The van der Waals surface area contributed by atoms with Crippen LogP contribution in [-0.2, 0) is 16.0 Å². The van der Waals surface area contributed by atoms with Crippen molar-refractivity contribution in [2.45, 2.75) is 13.3 Å². The van der Waals surface area contributed by atoms with Crippen LogP contribution in [0.15, 0.2) is 34.9 Å². The van der Waals surface area contributed by atoms with E-state index in [1.165, 1.54) is 19.2 Å². The molecule has 24 heavy (non-hydrogen) atoms. The third kappa shape index (κ3) is 5.01. The quantitative estimate of drug-likeness (QED) is 0.695. The van der Waals surface area contributed by atoms with E-state index in [9.17, 15) is 14.7 Å². The van der Waals surface area contributed by atoms with E-state index in [1.807, 2.05) is 0 Å². The Morgan fingerprint density at radius 2 is 2.04 bits per heavy atom. The summed E-state index contributed by atoms with van der Waals surface area (Å²) in [5.41, 5.74) is 0.845. The van der Waals surface area contributed by atoms with E-state index < -0.39 is 17.9 Å². The highest BCUT2D eigenvalue weighted by Crippen LogP contribution is 2.14. The number of ether oxygens (including phenoxy) is 1. The predicted molar refractivity (Wildman–Crippen MR) is 85.6 cm³/mol. The minimum Gasteiger partial charge on any atom is -0.508 e. The van der Waals surface area contributed by atoms with Gasteiger partial charge in [-0.15, -0.1) is 0 Å². The SMILES string of the molecule is COC(=O)[C@H](CNC(=O)Nc1cc(C)on1)Cc1ccc(O)cc1. The van der Waals surface area contributed by atoms with Gasteiger partial charge in [0.15, 0.2) is 5.82 Å². The predicted octanol–water partition coefficient (Wildman–Crippen LogP) is 1.84. The van der Waals surface area contributed by atoms with Crippen molar-refractivity contribution in [1.82, 2.24) is 10.5 Å². The molecule has 1 heterocycles. The Kier molecular flexibility index (Phi) is 5.78. The molecule has 0 spiro atoms. The first-order valence-electron chi connectivity index (χ1n) is 7.32. The lowest BCUT2D eigenvalue weighted by molar-refractivity contribution is -0.145. The van der Waals surface area contributed by atoms with E-state index in [-0.39, 0.29) is 18.1 Å². The number of phenols is 1. The highest BCUT2D eigenvalue weighted by molar-refractivity contribution is 5.88. The summed E-state index contributed by atoms with van der Waals surface area (Å²) in [5.74, 6) is 0.0296. The number of phenolic OH excluding ortho intramolecular Hbond substituents is 1. The Balaban J connectivity index is 1.92.